The topological polar surface area (TPSA) is 41.6 Å². The fourth-order valence-corrected chi connectivity index (χ4v) is 3.73. The first kappa shape index (κ1) is 13.9. The molecule has 3 rings (SSSR count). The first-order chi connectivity index (χ1) is 9.69. The number of amides is 1. The summed E-state index contributed by atoms with van der Waals surface area (Å²) in [6, 6.07) is 10.1. The molecule has 1 N–H and O–H groups in total. The van der Waals surface area contributed by atoms with Crippen molar-refractivity contribution in [3.05, 3.63) is 35.9 Å². The molecule has 2 unspecified atom stereocenters. The number of thioether (sulfide) groups is 1. The lowest BCUT2D eigenvalue weighted by atomic mass is 9.93. The van der Waals surface area contributed by atoms with Gasteiger partial charge < -0.3 is 9.64 Å². The number of benzene rings is 1. The molecule has 2 saturated heterocycles. The molecule has 1 aromatic carbocycles. The van der Waals surface area contributed by atoms with Gasteiger partial charge in [0.15, 0.2) is 0 Å². The molecule has 0 spiro atoms. The molecule has 2 aliphatic rings. The quantitative estimate of drug-likeness (QED) is 0.895. The van der Waals surface area contributed by atoms with Crippen molar-refractivity contribution in [2.75, 3.05) is 31.3 Å². The predicted molar refractivity (Wildman–Crippen MR) is 80.6 cm³/mol. The highest BCUT2D eigenvalue weighted by Gasteiger charge is 2.38. The number of nitrogens with zero attached hydrogens (tertiary/aromatic N) is 1. The van der Waals surface area contributed by atoms with Crippen molar-refractivity contribution in [1.29, 1.82) is 0 Å². The molecule has 2 atom stereocenters. The summed E-state index contributed by atoms with van der Waals surface area (Å²) < 4.78 is 5.98. The van der Waals surface area contributed by atoms with Gasteiger partial charge in [0.05, 0.1) is 19.2 Å². The van der Waals surface area contributed by atoms with Gasteiger partial charge in [-0.1, -0.05) is 30.3 Å². The number of nitrogens with one attached hydrogen (secondary N) is 1. The van der Waals surface area contributed by atoms with Crippen LogP contribution in [0.25, 0.3) is 0 Å². The first-order valence-corrected chi connectivity index (χ1v) is 8.14. The number of hydrogen-bond acceptors (Lipinski definition) is 4. The molecule has 2 aliphatic heterocycles. The molecule has 5 heteroatoms. The van der Waals surface area contributed by atoms with Crippen molar-refractivity contribution < 1.29 is 9.53 Å². The number of hydrogen-bond donors (Lipinski definition) is 1. The largest absolute Gasteiger partial charge is 0.367 e. The van der Waals surface area contributed by atoms with E-state index in [4.69, 9.17) is 4.74 Å². The molecular weight excluding hydrogens is 272 g/mol. The number of morpholine rings is 1. The van der Waals surface area contributed by atoms with E-state index in [0.29, 0.717) is 19.7 Å². The predicted octanol–water partition coefficient (Wildman–Crippen LogP) is 1.42. The highest BCUT2D eigenvalue weighted by atomic mass is 32.2. The molecular formula is C15H20N2O2S. The summed E-state index contributed by atoms with van der Waals surface area (Å²) in [4.78, 5) is 14.5. The fourth-order valence-electron chi connectivity index (χ4n) is 2.80. The summed E-state index contributed by atoms with van der Waals surface area (Å²) >= 11 is 1.78. The molecule has 0 bridgehead atoms. The zero-order valence-electron chi connectivity index (χ0n) is 11.7. The molecule has 2 fully saturated rings. The van der Waals surface area contributed by atoms with Crippen molar-refractivity contribution in [3.63, 3.8) is 0 Å². The minimum absolute atomic E-state index is 0.0295. The van der Waals surface area contributed by atoms with Gasteiger partial charge in [-0.25, -0.2) is 0 Å². The number of carbonyl (C=O) groups is 1. The molecule has 0 radical (unpaired) electrons. The van der Waals surface area contributed by atoms with E-state index in [2.05, 4.69) is 24.4 Å². The second-order valence-corrected chi connectivity index (χ2v) is 6.51. The molecule has 0 aromatic heterocycles. The van der Waals surface area contributed by atoms with Crippen molar-refractivity contribution in [1.82, 2.24) is 10.2 Å². The van der Waals surface area contributed by atoms with Crippen LogP contribution >= 0.6 is 11.8 Å². The van der Waals surface area contributed by atoms with E-state index in [1.165, 1.54) is 0 Å². The molecule has 4 nitrogen and oxygen atoms in total. The average Bonchev–Trinajstić information content (AvgIpc) is 3.02. The summed E-state index contributed by atoms with van der Waals surface area (Å²) in [5, 5.41) is 3.25. The standard InChI is InChI=1S/C15H20N2O2S/c1-15(12-5-3-2-4-6-12)10-17(7-8-19-15)14(18)13-9-20-11-16-13/h2-6,13,16H,7-11H2,1H3. The zero-order chi connectivity index (χ0) is 14.0. The maximum Gasteiger partial charge on any atom is 0.240 e. The van der Waals surface area contributed by atoms with Crippen LogP contribution in [-0.4, -0.2) is 48.2 Å². The normalized spacial score (nSPS) is 30.4. The lowest BCUT2D eigenvalue weighted by Crippen LogP contribution is -2.54. The van der Waals surface area contributed by atoms with E-state index in [-0.39, 0.29) is 11.9 Å². The number of rotatable bonds is 2. The van der Waals surface area contributed by atoms with Crippen LogP contribution in [0.3, 0.4) is 0 Å². The fraction of sp³-hybridized carbons (Fsp3) is 0.533. The summed E-state index contributed by atoms with van der Waals surface area (Å²) in [5.74, 6) is 1.95. The zero-order valence-corrected chi connectivity index (χ0v) is 12.5. The van der Waals surface area contributed by atoms with E-state index < -0.39 is 5.60 Å². The highest BCUT2D eigenvalue weighted by Crippen LogP contribution is 2.29. The van der Waals surface area contributed by atoms with Crippen LogP contribution in [0.5, 0.6) is 0 Å². The monoisotopic (exact) mass is 292 g/mol. The number of carbonyl (C=O) groups excluding carboxylic acids is 1. The van der Waals surface area contributed by atoms with Crippen LogP contribution < -0.4 is 5.32 Å². The van der Waals surface area contributed by atoms with Gasteiger partial charge in [-0.05, 0) is 12.5 Å². The Balaban J connectivity index is 1.74. The van der Waals surface area contributed by atoms with Crippen LogP contribution in [-0.2, 0) is 15.1 Å². The average molecular weight is 292 g/mol. The Hall–Kier alpha value is -1.04. The SMILES string of the molecule is CC1(c2ccccc2)CN(C(=O)C2CSCN2)CCO1. The Morgan fingerprint density at radius 3 is 2.95 bits per heavy atom. The Morgan fingerprint density at radius 2 is 2.25 bits per heavy atom. The van der Waals surface area contributed by atoms with Crippen molar-refractivity contribution in [2.24, 2.45) is 0 Å². The van der Waals surface area contributed by atoms with Gasteiger partial charge >= 0.3 is 0 Å². The van der Waals surface area contributed by atoms with E-state index in [9.17, 15) is 4.79 Å². The molecule has 0 saturated carbocycles. The summed E-state index contributed by atoms with van der Waals surface area (Å²) in [7, 11) is 0. The molecule has 1 aromatic rings. The Kier molecular flexibility index (Phi) is 4.01. The smallest absolute Gasteiger partial charge is 0.240 e. The van der Waals surface area contributed by atoms with Crippen molar-refractivity contribution in [2.45, 2.75) is 18.6 Å². The third-order valence-electron chi connectivity index (χ3n) is 3.98. The summed E-state index contributed by atoms with van der Waals surface area (Å²) in [6.07, 6.45) is 0. The second kappa shape index (κ2) is 5.76. The third kappa shape index (κ3) is 2.71. The van der Waals surface area contributed by atoms with Crippen molar-refractivity contribution >= 4 is 17.7 Å². The van der Waals surface area contributed by atoms with Crippen molar-refractivity contribution in [3.8, 4) is 0 Å². The van der Waals surface area contributed by atoms with E-state index in [1.807, 2.05) is 23.1 Å². The third-order valence-corrected chi connectivity index (χ3v) is 4.92. The highest BCUT2D eigenvalue weighted by molar-refractivity contribution is 7.99. The molecule has 20 heavy (non-hydrogen) atoms. The first-order valence-electron chi connectivity index (χ1n) is 6.98. The van der Waals surface area contributed by atoms with Gasteiger partial charge in [-0.3, -0.25) is 10.1 Å². The van der Waals surface area contributed by atoms with E-state index in [1.54, 1.807) is 11.8 Å². The van der Waals surface area contributed by atoms with Gasteiger partial charge in [0.25, 0.3) is 0 Å². The number of ether oxygens (including phenoxy) is 1. The molecule has 1 amide bonds. The van der Waals surface area contributed by atoms with Gasteiger partial charge in [-0.2, -0.15) is 0 Å². The second-order valence-electron chi connectivity index (χ2n) is 5.48. The van der Waals surface area contributed by atoms with Crippen LogP contribution in [0.15, 0.2) is 30.3 Å². The van der Waals surface area contributed by atoms with E-state index >= 15 is 0 Å². The van der Waals surface area contributed by atoms with E-state index in [0.717, 1.165) is 17.2 Å². The van der Waals surface area contributed by atoms with Crippen LogP contribution in [0.1, 0.15) is 12.5 Å². The maximum atomic E-state index is 12.5. The van der Waals surface area contributed by atoms with Gasteiger partial charge in [0.2, 0.25) is 5.91 Å². The summed E-state index contributed by atoms with van der Waals surface area (Å²) in [6.45, 7) is 3.97. The van der Waals surface area contributed by atoms with Crippen LogP contribution in [0.4, 0.5) is 0 Å². The minimum atomic E-state index is -0.402. The molecule has 108 valence electrons. The molecule has 2 heterocycles. The minimum Gasteiger partial charge on any atom is -0.367 e. The van der Waals surface area contributed by atoms with Crippen LogP contribution in [0, 0.1) is 0 Å². The van der Waals surface area contributed by atoms with Crippen LogP contribution in [0.2, 0.25) is 0 Å². The lowest BCUT2D eigenvalue weighted by molar-refractivity contribution is -0.151. The maximum absolute atomic E-state index is 12.5. The lowest BCUT2D eigenvalue weighted by Gasteiger charge is -2.41. The van der Waals surface area contributed by atoms with Gasteiger partial charge in [0.1, 0.15) is 5.60 Å². The van der Waals surface area contributed by atoms with Gasteiger partial charge in [-0.15, -0.1) is 11.8 Å². The summed E-state index contributed by atoms with van der Waals surface area (Å²) in [5.41, 5.74) is 0.729. The Morgan fingerprint density at radius 1 is 1.45 bits per heavy atom. The Labute approximate surface area is 123 Å². The Bertz CT molecular complexity index is 476. The molecule has 0 aliphatic carbocycles. The van der Waals surface area contributed by atoms with Gasteiger partial charge in [0, 0.05) is 18.2 Å².